The van der Waals surface area contributed by atoms with E-state index in [0.717, 1.165) is 60.4 Å². The van der Waals surface area contributed by atoms with Gasteiger partial charge in [0.1, 0.15) is 11.3 Å². The molecular formula is C25H32N8. The fourth-order valence-electron chi connectivity index (χ4n) is 4.39. The summed E-state index contributed by atoms with van der Waals surface area (Å²) in [5.74, 6) is 0.872. The van der Waals surface area contributed by atoms with Crippen molar-refractivity contribution in [2.45, 2.75) is 46.2 Å². The van der Waals surface area contributed by atoms with Crippen LogP contribution in [0.3, 0.4) is 0 Å². The summed E-state index contributed by atoms with van der Waals surface area (Å²) < 4.78 is 3.94. The van der Waals surface area contributed by atoms with Gasteiger partial charge in [-0.3, -0.25) is 4.98 Å². The van der Waals surface area contributed by atoms with Crippen molar-refractivity contribution in [2.75, 3.05) is 24.5 Å². The average Bonchev–Trinajstić information content (AvgIpc) is 3.43. The van der Waals surface area contributed by atoms with Gasteiger partial charge in [0, 0.05) is 43.8 Å². The number of aromatic nitrogens is 6. The van der Waals surface area contributed by atoms with Crippen molar-refractivity contribution in [1.82, 2.24) is 34.7 Å². The first-order valence-electron chi connectivity index (χ1n) is 12.0. The van der Waals surface area contributed by atoms with Crippen LogP contribution in [0.2, 0.25) is 0 Å². The lowest BCUT2D eigenvalue weighted by Gasteiger charge is -2.25. The van der Waals surface area contributed by atoms with Crippen LogP contribution < -0.4 is 10.2 Å². The fourth-order valence-corrected chi connectivity index (χ4v) is 4.39. The van der Waals surface area contributed by atoms with E-state index in [1.165, 1.54) is 24.8 Å². The molecule has 4 aromatic rings. The molecular weight excluding hydrogens is 412 g/mol. The van der Waals surface area contributed by atoms with Crippen molar-refractivity contribution >= 4 is 11.3 Å². The Kier molecular flexibility index (Phi) is 6.35. The van der Waals surface area contributed by atoms with Crippen LogP contribution >= 0.6 is 0 Å². The molecule has 0 saturated heterocycles. The van der Waals surface area contributed by atoms with Gasteiger partial charge < -0.3 is 14.6 Å². The Labute approximate surface area is 194 Å². The van der Waals surface area contributed by atoms with Gasteiger partial charge in [-0.1, -0.05) is 17.7 Å². The second-order valence-electron chi connectivity index (χ2n) is 8.87. The molecule has 4 aromatic heterocycles. The van der Waals surface area contributed by atoms with Crippen molar-refractivity contribution in [3.8, 4) is 11.3 Å². The number of pyridine rings is 2. The molecule has 5 rings (SSSR count). The van der Waals surface area contributed by atoms with E-state index in [1.54, 1.807) is 0 Å². The molecule has 1 aliphatic rings. The number of hydrogen-bond donors (Lipinski definition) is 1. The smallest absolute Gasteiger partial charge is 0.137 e. The molecule has 0 bridgehead atoms. The summed E-state index contributed by atoms with van der Waals surface area (Å²) in [6.45, 7) is 8.78. The van der Waals surface area contributed by atoms with Crippen LogP contribution in [0, 0.1) is 5.92 Å². The predicted octanol–water partition coefficient (Wildman–Crippen LogP) is 3.77. The summed E-state index contributed by atoms with van der Waals surface area (Å²) in [6.07, 6.45) is 14.1. The summed E-state index contributed by atoms with van der Waals surface area (Å²) in [5, 5.41) is 12.3. The van der Waals surface area contributed by atoms with E-state index < -0.39 is 0 Å². The Balaban J connectivity index is 1.26. The van der Waals surface area contributed by atoms with Gasteiger partial charge >= 0.3 is 0 Å². The summed E-state index contributed by atoms with van der Waals surface area (Å²) in [6, 6.07) is 6.37. The number of imidazole rings is 1. The fraction of sp³-hybridized carbons (Fsp3) is 0.440. The standard InChI is InChI=1S/C25H32N8/c1-3-31(4-2)23-10-21(13-27-14-23)24-18-33(30-29-24)17-22-16-32-15-20(8-9-25(32)28-22)12-26-11-19-6-5-7-19/h8-10,13-16,18-19,26H,3-7,11-12,17H2,1-2H3. The third kappa shape index (κ3) is 4.90. The van der Waals surface area contributed by atoms with Crippen molar-refractivity contribution in [3.05, 3.63) is 60.4 Å². The van der Waals surface area contributed by atoms with E-state index >= 15 is 0 Å². The normalized spacial score (nSPS) is 14.0. The molecule has 1 saturated carbocycles. The van der Waals surface area contributed by atoms with Gasteiger partial charge in [0.15, 0.2) is 0 Å². The molecule has 0 aromatic carbocycles. The van der Waals surface area contributed by atoms with Gasteiger partial charge in [-0.2, -0.15) is 0 Å². The van der Waals surface area contributed by atoms with E-state index in [9.17, 15) is 0 Å². The molecule has 1 aliphatic carbocycles. The number of fused-ring (bicyclic) bond motifs is 1. The molecule has 33 heavy (non-hydrogen) atoms. The predicted molar refractivity (Wildman–Crippen MR) is 130 cm³/mol. The molecule has 0 unspecified atom stereocenters. The molecule has 0 atom stereocenters. The molecule has 0 amide bonds. The van der Waals surface area contributed by atoms with Crippen LogP contribution in [0.25, 0.3) is 16.9 Å². The van der Waals surface area contributed by atoms with E-state index in [2.05, 4.69) is 74.4 Å². The number of anilines is 1. The first-order chi connectivity index (χ1) is 16.2. The molecule has 8 nitrogen and oxygen atoms in total. The van der Waals surface area contributed by atoms with Crippen LogP contribution in [0.4, 0.5) is 5.69 Å². The highest BCUT2D eigenvalue weighted by atomic mass is 15.4. The van der Waals surface area contributed by atoms with Crippen LogP contribution in [0.1, 0.15) is 44.4 Å². The second kappa shape index (κ2) is 9.70. The number of nitrogens with zero attached hydrogens (tertiary/aromatic N) is 7. The van der Waals surface area contributed by atoms with Crippen LogP contribution in [-0.4, -0.2) is 49.0 Å². The SMILES string of the molecule is CCN(CC)c1cncc(-c2cn(Cc3cn4cc(CNCC5CCC5)ccc4n3)nn2)c1. The van der Waals surface area contributed by atoms with Gasteiger partial charge in [-0.15, -0.1) is 5.10 Å². The summed E-state index contributed by atoms with van der Waals surface area (Å²) >= 11 is 0. The number of hydrogen-bond acceptors (Lipinski definition) is 6. The number of rotatable bonds is 10. The Hall–Kier alpha value is -3.26. The first-order valence-corrected chi connectivity index (χ1v) is 12.0. The third-order valence-electron chi connectivity index (χ3n) is 6.56. The Morgan fingerprint density at radius 1 is 1.09 bits per heavy atom. The highest BCUT2D eigenvalue weighted by molar-refractivity contribution is 5.63. The molecule has 172 valence electrons. The van der Waals surface area contributed by atoms with E-state index in [0.29, 0.717) is 6.54 Å². The highest BCUT2D eigenvalue weighted by Crippen LogP contribution is 2.25. The van der Waals surface area contributed by atoms with Gasteiger partial charge in [-0.25, -0.2) is 9.67 Å². The molecule has 4 heterocycles. The zero-order chi connectivity index (χ0) is 22.6. The van der Waals surface area contributed by atoms with Crippen molar-refractivity contribution < 1.29 is 0 Å². The lowest BCUT2D eigenvalue weighted by molar-refractivity contribution is 0.301. The monoisotopic (exact) mass is 444 g/mol. The number of nitrogens with one attached hydrogen (secondary N) is 1. The average molecular weight is 445 g/mol. The third-order valence-corrected chi connectivity index (χ3v) is 6.56. The van der Waals surface area contributed by atoms with Gasteiger partial charge in [-0.05, 0) is 56.8 Å². The van der Waals surface area contributed by atoms with E-state index in [1.807, 2.05) is 23.3 Å². The van der Waals surface area contributed by atoms with Crippen LogP contribution in [0.5, 0.6) is 0 Å². The zero-order valence-corrected chi connectivity index (χ0v) is 19.5. The van der Waals surface area contributed by atoms with Gasteiger partial charge in [0.05, 0.1) is 30.3 Å². The molecule has 0 radical (unpaired) electrons. The molecule has 0 aliphatic heterocycles. The zero-order valence-electron chi connectivity index (χ0n) is 19.5. The molecule has 0 spiro atoms. The maximum absolute atomic E-state index is 4.76. The molecule has 8 heteroatoms. The maximum atomic E-state index is 4.76. The van der Waals surface area contributed by atoms with Crippen molar-refractivity contribution in [1.29, 1.82) is 0 Å². The van der Waals surface area contributed by atoms with Gasteiger partial charge in [0.2, 0.25) is 0 Å². The Morgan fingerprint density at radius 2 is 1.97 bits per heavy atom. The topological polar surface area (TPSA) is 76.2 Å². The van der Waals surface area contributed by atoms with E-state index in [-0.39, 0.29) is 0 Å². The highest BCUT2D eigenvalue weighted by Gasteiger charge is 2.16. The quantitative estimate of drug-likeness (QED) is 0.401. The Bertz CT molecular complexity index is 1200. The maximum Gasteiger partial charge on any atom is 0.137 e. The minimum atomic E-state index is 0.576. The summed E-state index contributed by atoms with van der Waals surface area (Å²) in [5.41, 5.74) is 6.07. The van der Waals surface area contributed by atoms with Crippen molar-refractivity contribution in [2.24, 2.45) is 5.92 Å². The first kappa shape index (κ1) is 21.6. The van der Waals surface area contributed by atoms with E-state index in [4.69, 9.17) is 4.98 Å². The lowest BCUT2D eigenvalue weighted by Crippen LogP contribution is -2.26. The minimum Gasteiger partial charge on any atom is -0.371 e. The summed E-state index contributed by atoms with van der Waals surface area (Å²) in [4.78, 5) is 11.4. The molecule has 1 fully saturated rings. The van der Waals surface area contributed by atoms with Crippen LogP contribution in [-0.2, 0) is 13.1 Å². The minimum absolute atomic E-state index is 0.576. The van der Waals surface area contributed by atoms with Crippen LogP contribution in [0.15, 0.2) is 49.2 Å². The summed E-state index contributed by atoms with van der Waals surface area (Å²) in [7, 11) is 0. The largest absolute Gasteiger partial charge is 0.371 e. The lowest BCUT2D eigenvalue weighted by atomic mass is 9.85. The Morgan fingerprint density at radius 3 is 2.76 bits per heavy atom. The van der Waals surface area contributed by atoms with Gasteiger partial charge in [0.25, 0.3) is 0 Å². The second-order valence-corrected chi connectivity index (χ2v) is 8.87. The molecule has 1 N–H and O–H groups in total. The van der Waals surface area contributed by atoms with Crippen molar-refractivity contribution in [3.63, 3.8) is 0 Å².